The number of amides is 1. The molecule has 3 rings (SSSR count). The van der Waals surface area contributed by atoms with Crippen molar-refractivity contribution in [2.45, 2.75) is 6.92 Å². The third-order valence-electron chi connectivity index (χ3n) is 4.45. The minimum absolute atomic E-state index is 0.111. The van der Waals surface area contributed by atoms with E-state index in [4.69, 9.17) is 14.2 Å². The van der Waals surface area contributed by atoms with Gasteiger partial charge in [-0.25, -0.2) is 10.1 Å². The van der Waals surface area contributed by atoms with Crippen LogP contribution in [0.2, 0.25) is 0 Å². The third-order valence-corrected chi connectivity index (χ3v) is 4.45. The number of nitrogens with one attached hydrogen (secondary N) is 1. The number of hydrogen-bond acceptors (Lipinski definition) is 7. The summed E-state index contributed by atoms with van der Waals surface area (Å²) in [5, 5.41) is 18.2. The van der Waals surface area contributed by atoms with Crippen molar-refractivity contribution in [3.05, 3.63) is 59.4 Å². The number of phenols is 1. The second kappa shape index (κ2) is 8.99. The number of hydrogen-bond donors (Lipinski definition) is 2. The van der Waals surface area contributed by atoms with E-state index in [0.29, 0.717) is 22.6 Å². The summed E-state index contributed by atoms with van der Waals surface area (Å²) in [5.74, 6) is 0.583. The normalized spacial score (nSPS) is 10.8. The molecule has 2 N–H and O–H groups in total. The van der Waals surface area contributed by atoms with Gasteiger partial charge in [-0.3, -0.25) is 4.79 Å². The average Bonchev–Trinajstić information content (AvgIpc) is 3.15. The molecule has 0 atom stereocenters. The molecule has 0 bridgehead atoms. The number of carbonyl (C=O) groups is 1. The van der Waals surface area contributed by atoms with Crippen molar-refractivity contribution in [1.29, 1.82) is 0 Å². The number of aromatic nitrogens is 2. The highest BCUT2D eigenvalue weighted by Crippen LogP contribution is 2.36. The van der Waals surface area contributed by atoms with Crippen molar-refractivity contribution in [3.63, 3.8) is 0 Å². The van der Waals surface area contributed by atoms with Crippen LogP contribution in [0.1, 0.15) is 21.6 Å². The van der Waals surface area contributed by atoms with Gasteiger partial charge in [0.15, 0.2) is 11.5 Å². The monoisotopic (exact) mass is 410 g/mol. The fourth-order valence-corrected chi connectivity index (χ4v) is 2.89. The van der Waals surface area contributed by atoms with Crippen LogP contribution in [-0.2, 0) is 0 Å². The Bertz CT molecular complexity index is 1070. The maximum atomic E-state index is 12.6. The summed E-state index contributed by atoms with van der Waals surface area (Å²) in [7, 11) is 4.44. The average molecular weight is 410 g/mol. The van der Waals surface area contributed by atoms with Crippen molar-refractivity contribution in [2.24, 2.45) is 5.10 Å². The largest absolute Gasteiger partial charge is 0.502 e. The van der Waals surface area contributed by atoms with Crippen molar-refractivity contribution in [2.75, 3.05) is 21.3 Å². The van der Waals surface area contributed by atoms with Crippen molar-refractivity contribution in [3.8, 4) is 28.7 Å². The summed E-state index contributed by atoms with van der Waals surface area (Å²) in [6.07, 6.45) is 2.89. The molecule has 0 fully saturated rings. The van der Waals surface area contributed by atoms with Gasteiger partial charge in [0.05, 0.1) is 45.0 Å². The van der Waals surface area contributed by atoms with Gasteiger partial charge < -0.3 is 19.3 Å². The van der Waals surface area contributed by atoms with E-state index in [-0.39, 0.29) is 17.2 Å². The molecule has 0 saturated heterocycles. The first-order chi connectivity index (χ1) is 14.5. The van der Waals surface area contributed by atoms with E-state index < -0.39 is 5.91 Å². The van der Waals surface area contributed by atoms with Crippen LogP contribution in [0.3, 0.4) is 0 Å². The van der Waals surface area contributed by atoms with Crippen molar-refractivity contribution < 1.29 is 24.1 Å². The molecule has 1 heterocycles. The molecule has 2 aromatic carbocycles. The zero-order valence-corrected chi connectivity index (χ0v) is 17.0. The molecule has 0 radical (unpaired) electrons. The zero-order chi connectivity index (χ0) is 21.7. The van der Waals surface area contributed by atoms with Crippen LogP contribution < -0.4 is 19.6 Å². The predicted octanol–water partition coefficient (Wildman–Crippen LogP) is 2.68. The van der Waals surface area contributed by atoms with Crippen LogP contribution in [0.5, 0.6) is 23.0 Å². The molecule has 0 spiro atoms. The number of hydrazone groups is 1. The molecule has 3 aromatic rings. The second-order valence-corrected chi connectivity index (χ2v) is 6.20. The Hall–Kier alpha value is -4.01. The first-order valence-electron chi connectivity index (χ1n) is 8.96. The van der Waals surface area contributed by atoms with Crippen molar-refractivity contribution in [1.82, 2.24) is 15.2 Å². The van der Waals surface area contributed by atoms with Crippen LogP contribution in [0, 0.1) is 6.92 Å². The van der Waals surface area contributed by atoms with E-state index in [1.807, 2.05) is 24.3 Å². The number of ether oxygens (including phenoxy) is 3. The first kappa shape index (κ1) is 20.7. The molecule has 0 aliphatic carbocycles. The quantitative estimate of drug-likeness (QED) is 0.458. The lowest BCUT2D eigenvalue weighted by Gasteiger charge is -2.10. The van der Waals surface area contributed by atoms with Crippen LogP contribution in [0.25, 0.3) is 5.69 Å². The van der Waals surface area contributed by atoms with Gasteiger partial charge in [-0.05, 0) is 31.2 Å². The molecule has 9 nitrogen and oxygen atoms in total. The Balaban J connectivity index is 1.79. The molecular formula is C21H22N4O5. The Kier molecular flexibility index (Phi) is 6.21. The standard InChI is InChI=1S/C21H22N4O5/c1-13-15(12-23-25(13)16-7-5-6-8-17(16)28-2)21(27)24-22-11-14-9-18(29-3)20(26)19(10-14)30-4/h5-12,26H,1-4H3,(H,24,27). The van der Waals surface area contributed by atoms with Gasteiger partial charge in [0, 0.05) is 5.56 Å². The summed E-state index contributed by atoms with van der Waals surface area (Å²) in [5.41, 5.74) is 4.78. The van der Waals surface area contributed by atoms with Crippen LogP contribution in [-0.4, -0.2) is 48.3 Å². The van der Waals surface area contributed by atoms with Gasteiger partial charge in [-0.2, -0.15) is 10.2 Å². The summed E-state index contributed by atoms with van der Waals surface area (Å²) in [6, 6.07) is 10.5. The van der Waals surface area contributed by atoms with E-state index in [0.717, 1.165) is 5.69 Å². The number of nitrogens with zero attached hydrogens (tertiary/aromatic N) is 3. The fourth-order valence-electron chi connectivity index (χ4n) is 2.89. The van der Waals surface area contributed by atoms with Gasteiger partial charge in [-0.15, -0.1) is 0 Å². The summed E-state index contributed by atoms with van der Waals surface area (Å²) >= 11 is 0. The highest BCUT2D eigenvalue weighted by molar-refractivity contribution is 5.96. The summed E-state index contributed by atoms with van der Waals surface area (Å²) in [4.78, 5) is 12.6. The SMILES string of the molecule is COc1ccccc1-n1ncc(C(=O)NN=Cc2cc(OC)c(O)c(OC)c2)c1C. The van der Waals surface area contributed by atoms with Crippen LogP contribution in [0.15, 0.2) is 47.7 Å². The molecule has 0 aliphatic heterocycles. The lowest BCUT2D eigenvalue weighted by atomic mass is 10.2. The number of methoxy groups -OCH3 is 3. The topological polar surface area (TPSA) is 107 Å². The van der Waals surface area contributed by atoms with E-state index in [1.165, 1.54) is 26.6 Å². The highest BCUT2D eigenvalue weighted by atomic mass is 16.5. The third kappa shape index (κ3) is 4.04. The lowest BCUT2D eigenvalue weighted by molar-refractivity contribution is 0.0954. The molecule has 9 heteroatoms. The fraction of sp³-hybridized carbons (Fsp3) is 0.190. The molecular weight excluding hydrogens is 388 g/mol. The highest BCUT2D eigenvalue weighted by Gasteiger charge is 2.17. The van der Waals surface area contributed by atoms with Gasteiger partial charge in [0.1, 0.15) is 11.4 Å². The lowest BCUT2D eigenvalue weighted by Crippen LogP contribution is -2.18. The Morgan fingerprint density at radius 3 is 2.37 bits per heavy atom. The van der Waals surface area contributed by atoms with Crippen LogP contribution in [0.4, 0.5) is 0 Å². The number of rotatable bonds is 7. The number of benzene rings is 2. The van der Waals surface area contributed by atoms with Gasteiger partial charge in [0.25, 0.3) is 5.91 Å². The van der Waals surface area contributed by atoms with Crippen molar-refractivity contribution >= 4 is 12.1 Å². The molecule has 0 aliphatic rings. The van der Waals surface area contributed by atoms with E-state index in [9.17, 15) is 9.90 Å². The van der Waals surface area contributed by atoms with Gasteiger partial charge in [0.2, 0.25) is 5.75 Å². The van der Waals surface area contributed by atoms with Gasteiger partial charge >= 0.3 is 0 Å². The molecule has 1 amide bonds. The van der Waals surface area contributed by atoms with Gasteiger partial charge in [-0.1, -0.05) is 12.1 Å². The second-order valence-electron chi connectivity index (χ2n) is 6.20. The van der Waals surface area contributed by atoms with Crippen LogP contribution >= 0.6 is 0 Å². The molecule has 0 saturated carbocycles. The van der Waals surface area contributed by atoms with E-state index >= 15 is 0 Å². The number of aromatic hydroxyl groups is 1. The summed E-state index contributed by atoms with van der Waals surface area (Å²) in [6.45, 7) is 1.79. The molecule has 1 aromatic heterocycles. The minimum atomic E-state index is -0.414. The maximum absolute atomic E-state index is 12.6. The molecule has 0 unspecified atom stereocenters. The maximum Gasteiger partial charge on any atom is 0.274 e. The Labute approximate surface area is 173 Å². The molecule has 30 heavy (non-hydrogen) atoms. The zero-order valence-electron chi connectivity index (χ0n) is 17.0. The number of para-hydroxylation sites is 2. The minimum Gasteiger partial charge on any atom is -0.502 e. The first-order valence-corrected chi connectivity index (χ1v) is 8.96. The smallest absolute Gasteiger partial charge is 0.274 e. The number of phenolic OH excluding ortho intramolecular Hbond substituents is 1. The summed E-state index contributed by atoms with van der Waals surface area (Å²) < 4.78 is 17.2. The Morgan fingerprint density at radius 2 is 1.73 bits per heavy atom. The predicted molar refractivity (Wildman–Crippen MR) is 111 cm³/mol. The number of carbonyl (C=O) groups excluding carboxylic acids is 1. The Morgan fingerprint density at radius 1 is 1.10 bits per heavy atom. The van der Waals surface area contributed by atoms with E-state index in [1.54, 1.807) is 30.8 Å². The molecule has 156 valence electrons. The van der Waals surface area contributed by atoms with E-state index in [2.05, 4.69) is 15.6 Å².